The molecule has 0 amide bonds. The lowest BCUT2D eigenvalue weighted by Gasteiger charge is -2.10. The summed E-state index contributed by atoms with van der Waals surface area (Å²) in [6.07, 6.45) is 2.92. The molecule has 0 fully saturated rings. The topological polar surface area (TPSA) is 49.8 Å². The summed E-state index contributed by atoms with van der Waals surface area (Å²) in [6, 6.07) is 1.90. The first kappa shape index (κ1) is 13.7. The first-order valence-electron chi connectivity index (χ1n) is 6.38. The van der Waals surface area contributed by atoms with Crippen molar-refractivity contribution in [3.05, 3.63) is 12.3 Å². The Hall–Kier alpha value is -1.32. The van der Waals surface area contributed by atoms with Crippen molar-refractivity contribution < 1.29 is 0 Å². The molecule has 0 aliphatic heterocycles. The second-order valence-electron chi connectivity index (χ2n) is 5.15. The summed E-state index contributed by atoms with van der Waals surface area (Å²) in [5.74, 6) is 2.91. The summed E-state index contributed by atoms with van der Waals surface area (Å²) >= 11 is 0. The third kappa shape index (κ3) is 6.09. The van der Waals surface area contributed by atoms with E-state index in [4.69, 9.17) is 0 Å². The molecule has 4 nitrogen and oxygen atoms in total. The molecule has 1 aromatic rings. The average molecular weight is 236 g/mol. The maximum absolute atomic E-state index is 4.41. The monoisotopic (exact) mass is 236 g/mol. The van der Waals surface area contributed by atoms with Crippen LogP contribution >= 0.6 is 0 Å². The number of hydrogen-bond donors (Lipinski definition) is 2. The minimum absolute atomic E-state index is 0.613. The summed E-state index contributed by atoms with van der Waals surface area (Å²) in [5, 5.41) is 6.53. The van der Waals surface area contributed by atoms with Crippen molar-refractivity contribution in [2.24, 2.45) is 11.8 Å². The van der Waals surface area contributed by atoms with Crippen LogP contribution in [0.4, 0.5) is 11.8 Å². The fourth-order valence-electron chi connectivity index (χ4n) is 1.32. The predicted molar refractivity (Wildman–Crippen MR) is 73.3 cm³/mol. The van der Waals surface area contributed by atoms with Crippen LogP contribution in [-0.2, 0) is 0 Å². The zero-order valence-electron chi connectivity index (χ0n) is 11.3. The molecule has 96 valence electrons. The molecular weight excluding hydrogens is 212 g/mol. The summed E-state index contributed by atoms with van der Waals surface area (Å²) in [5.41, 5.74) is 0. The molecule has 0 saturated heterocycles. The Morgan fingerprint density at radius 3 is 2.53 bits per heavy atom. The molecule has 0 saturated carbocycles. The first-order valence-corrected chi connectivity index (χ1v) is 6.38. The lowest BCUT2D eigenvalue weighted by molar-refractivity contribution is 0.606. The highest BCUT2D eigenvalue weighted by Crippen LogP contribution is 2.07. The molecule has 17 heavy (non-hydrogen) atoms. The quantitative estimate of drug-likeness (QED) is 0.764. The van der Waals surface area contributed by atoms with Crippen LogP contribution in [0, 0.1) is 11.8 Å². The van der Waals surface area contributed by atoms with Gasteiger partial charge in [0, 0.05) is 19.3 Å². The highest BCUT2D eigenvalue weighted by molar-refractivity contribution is 5.39. The molecule has 0 unspecified atom stereocenters. The largest absolute Gasteiger partial charge is 0.370 e. The van der Waals surface area contributed by atoms with Gasteiger partial charge in [-0.15, -0.1) is 0 Å². The standard InChI is InChI=1S/C13H24N4/c1-10(2)5-7-14-13-15-8-6-12(17-13)16-9-11(3)4/h6,8,10-11H,5,7,9H2,1-4H3,(H2,14,15,16,17). The number of rotatable bonds is 7. The average Bonchev–Trinajstić information content (AvgIpc) is 2.26. The Morgan fingerprint density at radius 2 is 1.88 bits per heavy atom. The zero-order chi connectivity index (χ0) is 12.7. The maximum Gasteiger partial charge on any atom is 0.224 e. The molecule has 0 aliphatic rings. The molecule has 1 aromatic heterocycles. The third-order valence-electron chi connectivity index (χ3n) is 2.35. The number of anilines is 2. The SMILES string of the molecule is CC(C)CCNc1nccc(NCC(C)C)n1. The summed E-state index contributed by atoms with van der Waals surface area (Å²) < 4.78 is 0. The van der Waals surface area contributed by atoms with Crippen molar-refractivity contribution >= 4 is 11.8 Å². The van der Waals surface area contributed by atoms with E-state index in [0.29, 0.717) is 17.8 Å². The highest BCUT2D eigenvalue weighted by atomic mass is 15.1. The van der Waals surface area contributed by atoms with Crippen LogP contribution in [-0.4, -0.2) is 23.1 Å². The Labute approximate surface area is 104 Å². The van der Waals surface area contributed by atoms with E-state index in [-0.39, 0.29) is 0 Å². The van der Waals surface area contributed by atoms with Crippen molar-refractivity contribution in [3.63, 3.8) is 0 Å². The number of hydrogen-bond acceptors (Lipinski definition) is 4. The molecule has 0 atom stereocenters. The van der Waals surface area contributed by atoms with Crippen molar-refractivity contribution in [3.8, 4) is 0 Å². The summed E-state index contributed by atoms with van der Waals surface area (Å²) in [7, 11) is 0. The van der Waals surface area contributed by atoms with Gasteiger partial charge in [-0.2, -0.15) is 4.98 Å². The van der Waals surface area contributed by atoms with Gasteiger partial charge in [0.15, 0.2) is 0 Å². The second-order valence-corrected chi connectivity index (χ2v) is 5.15. The van der Waals surface area contributed by atoms with Crippen LogP contribution in [0.25, 0.3) is 0 Å². The fourth-order valence-corrected chi connectivity index (χ4v) is 1.32. The van der Waals surface area contributed by atoms with E-state index in [9.17, 15) is 0 Å². The maximum atomic E-state index is 4.41. The smallest absolute Gasteiger partial charge is 0.224 e. The molecule has 0 aromatic carbocycles. The minimum Gasteiger partial charge on any atom is -0.370 e. The van der Waals surface area contributed by atoms with E-state index in [1.165, 1.54) is 0 Å². The number of nitrogens with one attached hydrogen (secondary N) is 2. The summed E-state index contributed by atoms with van der Waals surface area (Å²) in [6.45, 7) is 10.6. The number of aromatic nitrogens is 2. The van der Waals surface area contributed by atoms with Crippen molar-refractivity contribution in [2.45, 2.75) is 34.1 Å². The van der Waals surface area contributed by atoms with Gasteiger partial charge in [0.2, 0.25) is 5.95 Å². The minimum atomic E-state index is 0.613. The molecule has 0 radical (unpaired) electrons. The van der Waals surface area contributed by atoms with Crippen molar-refractivity contribution in [2.75, 3.05) is 23.7 Å². The van der Waals surface area contributed by atoms with E-state index in [0.717, 1.165) is 25.3 Å². The molecule has 1 rings (SSSR count). The van der Waals surface area contributed by atoms with Gasteiger partial charge in [0.1, 0.15) is 5.82 Å². The summed E-state index contributed by atoms with van der Waals surface area (Å²) in [4.78, 5) is 8.61. The van der Waals surface area contributed by atoms with Gasteiger partial charge in [0.05, 0.1) is 0 Å². The van der Waals surface area contributed by atoms with Crippen LogP contribution in [0.5, 0.6) is 0 Å². The molecule has 0 bridgehead atoms. The van der Waals surface area contributed by atoms with Gasteiger partial charge in [-0.1, -0.05) is 27.7 Å². The molecule has 2 N–H and O–H groups in total. The normalized spacial score (nSPS) is 10.9. The van der Waals surface area contributed by atoms with Gasteiger partial charge in [0.25, 0.3) is 0 Å². The van der Waals surface area contributed by atoms with Crippen molar-refractivity contribution in [1.29, 1.82) is 0 Å². The van der Waals surface area contributed by atoms with E-state index in [1.54, 1.807) is 6.20 Å². The van der Waals surface area contributed by atoms with Gasteiger partial charge in [-0.05, 0) is 24.3 Å². The van der Waals surface area contributed by atoms with E-state index in [2.05, 4.69) is 48.3 Å². The predicted octanol–water partition coefficient (Wildman–Crippen LogP) is 3.00. The Kier molecular flexibility index (Phi) is 5.73. The number of nitrogens with zero attached hydrogens (tertiary/aromatic N) is 2. The van der Waals surface area contributed by atoms with E-state index < -0.39 is 0 Å². The Morgan fingerprint density at radius 1 is 1.12 bits per heavy atom. The Bertz CT molecular complexity index is 323. The van der Waals surface area contributed by atoms with Crippen LogP contribution in [0.2, 0.25) is 0 Å². The van der Waals surface area contributed by atoms with E-state index in [1.807, 2.05) is 6.07 Å². The second kappa shape index (κ2) is 7.09. The first-order chi connectivity index (χ1) is 8.08. The third-order valence-corrected chi connectivity index (χ3v) is 2.35. The highest BCUT2D eigenvalue weighted by Gasteiger charge is 2.00. The van der Waals surface area contributed by atoms with Gasteiger partial charge >= 0.3 is 0 Å². The van der Waals surface area contributed by atoms with Crippen molar-refractivity contribution in [1.82, 2.24) is 9.97 Å². The van der Waals surface area contributed by atoms with E-state index >= 15 is 0 Å². The molecule has 0 aliphatic carbocycles. The zero-order valence-corrected chi connectivity index (χ0v) is 11.3. The van der Waals surface area contributed by atoms with Gasteiger partial charge < -0.3 is 10.6 Å². The molecule has 0 spiro atoms. The van der Waals surface area contributed by atoms with Gasteiger partial charge in [-0.25, -0.2) is 4.98 Å². The molecular formula is C13H24N4. The van der Waals surface area contributed by atoms with Gasteiger partial charge in [-0.3, -0.25) is 0 Å². The van der Waals surface area contributed by atoms with Crippen LogP contribution in [0.15, 0.2) is 12.3 Å². The van der Waals surface area contributed by atoms with Crippen LogP contribution in [0.3, 0.4) is 0 Å². The molecule has 4 heteroatoms. The molecule has 1 heterocycles. The fraction of sp³-hybridized carbons (Fsp3) is 0.692. The lowest BCUT2D eigenvalue weighted by Crippen LogP contribution is -2.12. The van der Waals surface area contributed by atoms with Crippen LogP contribution < -0.4 is 10.6 Å². The van der Waals surface area contributed by atoms with Crippen LogP contribution in [0.1, 0.15) is 34.1 Å². The Balaban J connectivity index is 2.42. The lowest BCUT2D eigenvalue weighted by atomic mass is 10.1.